The van der Waals surface area contributed by atoms with Crippen LogP contribution in [0.15, 0.2) is 52.4 Å². The van der Waals surface area contributed by atoms with Crippen molar-refractivity contribution in [2.24, 2.45) is 0 Å². The van der Waals surface area contributed by atoms with Gasteiger partial charge in [-0.15, -0.1) is 10.2 Å². The average Bonchev–Trinajstić information content (AvgIpc) is 3.22. The third kappa shape index (κ3) is 4.14. The molecule has 29 heavy (non-hydrogen) atoms. The van der Waals surface area contributed by atoms with E-state index in [-0.39, 0.29) is 18.2 Å². The van der Waals surface area contributed by atoms with Gasteiger partial charge in [0.05, 0.1) is 7.11 Å². The van der Waals surface area contributed by atoms with Crippen molar-refractivity contribution in [2.75, 3.05) is 19.2 Å². The number of thioether (sulfide) groups is 1. The second-order valence-electron chi connectivity index (χ2n) is 6.21. The molecule has 150 valence electrons. The Morgan fingerprint density at radius 3 is 2.69 bits per heavy atom. The number of aromatic nitrogens is 3. The van der Waals surface area contributed by atoms with Crippen LogP contribution in [0.3, 0.4) is 0 Å². The molecule has 4 rings (SSSR count). The summed E-state index contributed by atoms with van der Waals surface area (Å²) in [5, 5.41) is 12.0. The summed E-state index contributed by atoms with van der Waals surface area (Å²) in [5.41, 5.74) is 1.56. The number of hydrogen-bond acceptors (Lipinski definition) is 8. The second kappa shape index (κ2) is 8.44. The zero-order valence-corrected chi connectivity index (χ0v) is 16.9. The minimum absolute atomic E-state index is 0.166. The number of rotatable bonds is 7. The molecule has 1 aromatic heterocycles. The first-order chi connectivity index (χ1) is 14.2. The van der Waals surface area contributed by atoms with E-state index in [0.717, 1.165) is 11.3 Å². The highest BCUT2D eigenvalue weighted by Gasteiger charge is 2.16. The van der Waals surface area contributed by atoms with E-state index >= 15 is 0 Å². The van der Waals surface area contributed by atoms with Crippen LogP contribution in [0.25, 0.3) is 0 Å². The van der Waals surface area contributed by atoms with E-state index in [1.54, 1.807) is 29.9 Å². The van der Waals surface area contributed by atoms with Gasteiger partial charge in [0.15, 0.2) is 16.7 Å². The maximum Gasteiger partial charge on any atom is 0.297 e. The minimum Gasteiger partial charge on any atom is -0.497 e. The van der Waals surface area contributed by atoms with Crippen LogP contribution in [0, 0.1) is 0 Å². The third-order valence-corrected chi connectivity index (χ3v) is 5.43. The molecule has 0 aliphatic carbocycles. The minimum atomic E-state index is -0.225. The summed E-state index contributed by atoms with van der Waals surface area (Å²) in [7, 11) is 1.64. The van der Waals surface area contributed by atoms with Crippen molar-refractivity contribution >= 4 is 23.3 Å². The summed E-state index contributed by atoms with van der Waals surface area (Å²) < 4.78 is 17.5. The Morgan fingerprint density at radius 2 is 1.93 bits per heavy atom. The van der Waals surface area contributed by atoms with Gasteiger partial charge in [-0.25, -0.2) is 0 Å². The van der Waals surface area contributed by atoms with Crippen LogP contribution in [0.5, 0.6) is 17.2 Å². The smallest absolute Gasteiger partial charge is 0.297 e. The van der Waals surface area contributed by atoms with Gasteiger partial charge in [0, 0.05) is 24.1 Å². The van der Waals surface area contributed by atoms with Crippen molar-refractivity contribution in [3.05, 3.63) is 58.4 Å². The van der Waals surface area contributed by atoms with Gasteiger partial charge in [-0.3, -0.25) is 9.36 Å². The highest BCUT2D eigenvalue weighted by Crippen LogP contribution is 2.34. The highest BCUT2D eigenvalue weighted by atomic mass is 32.2. The fourth-order valence-corrected chi connectivity index (χ4v) is 3.80. The zero-order valence-electron chi connectivity index (χ0n) is 16.0. The van der Waals surface area contributed by atoms with Crippen molar-refractivity contribution in [1.82, 2.24) is 14.8 Å². The Bertz CT molecular complexity index is 1070. The van der Waals surface area contributed by atoms with E-state index in [1.807, 2.05) is 31.2 Å². The lowest BCUT2D eigenvalue weighted by atomic mass is 10.2. The molecule has 1 aliphatic heterocycles. The molecule has 0 saturated heterocycles. The fourth-order valence-electron chi connectivity index (χ4n) is 2.85. The van der Waals surface area contributed by atoms with Gasteiger partial charge in [-0.1, -0.05) is 23.9 Å². The third-order valence-electron chi connectivity index (χ3n) is 4.39. The Morgan fingerprint density at radius 1 is 1.14 bits per heavy atom. The van der Waals surface area contributed by atoms with Gasteiger partial charge in [0.2, 0.25) is 12.6 Å². The summed E-state index contributed by atoms with van der Waals surface area (Å²) in [6.45, 7) is 2.60. The second-order valence-corrected chi connectivity index (χ2v) is 7.15. The van der Waals surface area contributed by atoms with Crippen molar-refractivity contribution in [2.45, 2.75) is 24.4 Å². The van der Waals surface area contributed by atoms with Gasteiger partial charge in [-0.05, 0) is 36.8 Å². The van der Waals surface area contributed by atoms with Gasteiger partial charge in [0.1, 0.15) is 5.75 Å². The number of methoxy groups -OCH3 is 1. The number of hydrogen-bond donors (Lipinski definition) is 1. The normalized spacial score (nSPS) is 12.1. The molecule has 0 bridgehead atoms. The number of nitrogens with one attached hydrogen (secondary N) is 1. The van der Waals surface area contributed by atoms with E-state index in [2.05, 4.69) is 15.5 Å². The molecule has 1 N–H and O–H groups in total. The average molecular weight is 412 g/mol. The first kappa shape index (κ1) is 19.1. The van der Waals surface area contributed by atoms with Gasteiger partial charge in [0.25, 0.3) is 5.56 Å². The van der Waals surface area contributed by atoms with Gasteiger partial charge in [-0.2, -0.15) is 0 Å². The van der Waals surface area contributed by atoms with Gasteiger partial charge < -0.3 is 19.5 Å². The molecule has 2 heterocycles. The molecule has 9 heteroatoms. The Labute approximate surface area is 171 Å². The molecule has 3 aromatic rings. The topological polar surface area (TPSA) is 87.5 Å². The Balaban J connectivity index is 1.51. The first-order valence-corrected chi connectivity index (χ1v) is 10.1. The quantitative estimate of drug-likeness (QED) is 0.591. The Kier molecular flexibility index (Phi) is 5.57. The predicted octanol–water partition coefficient (Wildman–Crippen LogP) is 3.43. The molecule has 0 fully saturated rings. The molecular weight excluding hydrogens is 392 g/mol. The summed E-state index contributed by atoms with van der Waals surface area (Å²) in [4.78, 5) is 12.9. The lowest BCUT2D eigenvalue weighted by molar-refractivity contribution is 0.174. The highest BCUT2D eigenvalue weighted by molar-refractivity contribution is 7.98. The van der Waals surface area contributed by atoms with Crippen molar-refractivity contribution in [1.29, 1.82) is 0 Å². The first-order valence-electron chi connectivity index (χ1n) is 9.08. The summed E-state index contributed by atoms with van der Waals surface area (Å²) in [6, 6.07) is 13.2. The largest absolute Gasteiger partial charge is 0.497 e. The monoisotopic (exact) mass is 412 g/mol. The fraction of sp³-hybridized carbons (Fsp3) is 0.250. The predicted molar refractivity (Wildman–Crippen MR) is 110 cm³/mol. The number of benzene rings is 2. The summed E-state index contributed by atoms with van der Waals surface area (Å²) >= 11 is 1.47. The van der Waals surface area contributed by atoms with E-state index in [4.69, 9.17) is 14.2 Å². The van der Waals surface area contributed by atoms with Crippen LogP contribution in [0.1, 0.15) is 12.5 Å². The molecule has 1 aliphatic rings. The number of fused-ring (bicyclic) bond motifs is 1. The zero-order chi connectivity index (χ0) is 20.2. The van der Waals surface area contributed by atoms with Crippen LogP contribution < -0.4 is 25.1 Å². The van der Waals surface area contributed by atoms with Crippen LogP contribution in [0.2, 0.25) is 0 Å². The van der Waals surface area contributed by atoms with Crippen LogP contribution in [-0.2, 0) is 12.3 Å². The van der Waals surface area contributed by atoms with Crippen LogP contribution in [-0.4, -0.2) is 28.7 Å². The number of anilines is 2. The molecule has 2 aromatic carbocycles. The molecule has 0 saturated carbocycles. The van der Waals surface area contributed by atoms with E-state index < -0.39 is 0 Å². The van der Waals surface area contributed by atoms with E-state index in [9.17, 15) is 4.79 Å². The molecule has 0 amide bonds. The molecule has 0 atom stereocenters. The number of ether oxygens (including phenoxy) is 3. The maximum absolute atomic E-state index is 12.9. The molecule has 0 unspecified atom stereocenters. The summed E-state index contributed by atoms with van der Waals surface area (Å²) in [5.74, 6) is 2.96. The van der Waals surface area contributed by atoms with Crippen molar-refractivity contribution < 1.29 is 14.2 Å². The lowest BCUT2D eigenvalue weighted by Gasteiger charge is -2.11. The van der Waals surface area contributed by atoms with E-state index in [0.29, 0.717) is 34.6 Å². The molecule has 0 radical (unpaired) electrons. The standard InChI is InChI=1S/C20H20N4O4S/c1-3-24-19(25)18(21-14-6-9-16-17(10-14)28-12-27-16)22-23-20(24)29-11-13-4-7-15(26-2)8-5-13/h4-10H,3,11-12H2,1-2H3,(H,21,22). The number of nitrogens with zero attached hydrogens (tertiary/aromatic N) is 3. The maximum atomic E-state index is 12.9. The van der Waals surface area contributed by atoms with Crippen molar-refractivity contribution in [3.8, 4) is 17.2 Å². The molecule has 0 spiro atoms. The van der Waals surface area contributed by atoms with Crippen molar-refractivity contribution in [3.63, 3.8) is 0 Å². The van der Waals surface area contributed by atoms with E-state index in [1.165, 1.54) is 11.8 Å². The van der Waals surface area contributed by atoms with Gasteiger partial charge >= 0.3 is 0 Å². The SMILES string of the molecule is CCn1c(SCc2ccc(OC)cc2)nnc(Nc2ccc3c(c2)OCO3)c1=O. The molecular formula is C20H20N4O4S. The van der Waals surface area contributed by atoms with Crippen LogP contribution >= 0.6 is 11.8 Å². The lowest BCUT2D eigenvalue weighted by Crippen LogP contribution is -2.26. The Hall–Kier alpha value is -3.20. The van der Waals surface area contributed by atoms with Crippen LogP contribution in [0.4, 0.5) is 11.5 Å². The molecule has 8 nitrogen and oxygen atoms in total. The summed E-state index contributed by atoms with van der Waals surface area (Å²) in [6.07, 6.45) is 0.